The molecule has 1 aromatic carbocycles. The molecule has 5 nitrogen and oxygen atoms in total. The third-order valence-corrected chi connectivity index (χ3v) is 3.86. The van der Waals surface area contributed by atoms with Crippen LogP contribution in [0.2, 0.25) is 0 Å². The first kappa shape index (κ1) is 12.8. The van der Waals surface area contributed by atoms with Crippen molar-refractivity contribution in [2.24, 2.45) is 0 Å². The molecule has 0 bridgehead atoms. The lowest BCUT2D eigenvalue weighted by molar-refractivity contribution is 0.330. The quantitative estimate of drug-likeness (QED) is 0.799. The van der Waals surface area contributed by atoms with E-state index < -0.39 is 10.0 Å². The summed E-state index contributed by atoms with van der Waals surface area (Å²) in [6, 6.07) is 4.58. The molecule has 2 N–H and O–H groups in total. The number of sulfonamides is 1. The van der Waals surface area contributed by atoms with Crippen molar-refractivity contribution in [1.82, 2.24) is 4.31 Å². The van der Waals surface area contributed by atoms with Gasteiger partial charge in [-0.1, -0.05) is 0 Å². The van der Waals surface area contributed by atoms with E-state index in [2.05, 4.69) is 0 Å². The van der Waals surface area contributed by atoms with Crippen LogP contribution >= 0.6 is 0 Å². The predicted molar refractivity (Wildman–Crippen MR) is 62.9 cm³/mol. The highest BCUT2D eigenvalue weighted by molar-refractivity contribution is 7.89. The predicted octanol–water partition coefficient (Wildman–Crippen LogP) is 0.918. The van der Waals surface area contributed by atoms with Crippen molar-refractivity contribution in [3.63, 3.8) is 0 Å². The van der Waals surface area contributed by atoms with Gasteiger partial charge in [-0.2, -0.15) is 0 Å². The second-order valence-corrected chi connectivity index (χ2v) is 5.55. The molecule has 0 saturated heterocycles. The molecule has 0 aliphatic heterocycles. The molecule has 0 amide bonds. The summed E-state index contributed by atoms with van der Waals surface area (Å²) < 4.78 is 30.3. The van der Waals surface area contributed by atoms with Crippen molar-refractivity contribution >= 4 is 15.7 Å². The monoisotopic (exact) mass is 244 g/mol. The molecular weight excluding hydrogens is 228 g/mol. The molecule has 16 heavy (non-hydrogen) atoms. The van der Waals surface area contributed by atoms with Crippen LogP contribution in [-0.2, 0) is 10.0 Å². The van der Waals surface area contributed by atoms with Crippen LogP contribution in [0.1, 0.15) is 6.92 Å². The van der Waals surface area contributed by atoms with Gasteiger partial charge in [0.15, 0.2) is 0 Å². The van der Waals surface area contributed by atoms with Gasteiger partial charge in [0.25, 0.3) is 0 Å². The fourth-order valence-corrected chi connectivity index (χ4v) is 2.26. The molecule has 0 aromatic heterocycles. The Morgan fingerprint density at radius 2 is 2.00 bits per heavy atom. The van der Waals surface area contributed by atoms with E-state index in [1.54, 1.807) is 19.1 Å². The maximum atomic E-state index is 12.0. The molecule has 0 aliphatic carbocycles. The van der Waals surface area contributed by atoms with Crippen molar-refractivity contribution in [1.29, 1.82) is 0 Å². The zero-order valence-corrected chi connectivity index (χ0v) is 10.4. The molecule has 0 heterocycles. The van der Waals surface area contributed by atoms with Crippen molar-refractivity contribution in [2.45, 2.75) is 11.8 Å². The molecule has 1 rings (SSSR count). The number of hydrogen-bond acceptors (Lipinski definition) is 4. The summed E-state index contributed by atoms with van der Waals surface area (Å²) in [6.45, 7) is 2.20. The van der Waals surface area contributed by atoms with Crippen LogP contribution in [0, 0.1) is 0 Å². The first-order chi connectivity index (χ1) is 7.39. The van der Waals surface area contributed by atoms with Gasteiger partial charge in [-0.05, 0) is 25.1 Å². The third kappa shape index (κ3) is 2.45. The van der Waals surface area contributed by atoms with Crippen LogP contribution in [0.15, 0.2) is 23.1 Å². The highest BCUT2D eigenvalue weighted by Gasteiger charge is 2.22. The van der Waals surface area contributed by atoms with Crippen LogP contribution in [0.4, 0.5) is 5.69 Å². The fourth-order valence-electron chi connectivity index (χ4n) is 1.20. The molecule has 0 aliphatic rings. The molecule has 0 saturated carbocycles. The molecule has 6 heteroatoms. The Balaban J connectivity index is 3.36. The number of rotatable bonds is 4. The Kier molecular flexibility index (Phi) is 3.77. The summed E-state index contributed by atoms with van der Waals surface area (Å²) in [5.74, 6) is 0.324. The minimum atomic E-state index is -3.52. The summed E-state index contributed by atoms with van der Waals surface area (Å²) in [4.78, 5) is 0.0966. The largest absolute Gasteiger partial charge is 0.492 e. The lowest BCUT2D eigenvalue weighted by atomic mass is 10.3. The van der Waals surface area contributed by atoms with Crippen LogP contribution in [-0.4, -0.2) is 33.4 Å². The van der Waals surface area contributed by atoms with Gasteiger partial charge in [0, 0.05) is 19.8 Å². The van der Waals surface area contributed by atoms with Gasteiger partial charge in [-0.25, -0.2) is 12.7 Å². The van der Waals surface area contributed by atoms with Gasteiger partial charge in [-0.3, -0.25) is 0 Å². The molecule has 0 spiro atoms. The van der Waals surface area contributed by atoms with Gasteiger partial charge in [0.2, 0.25) is 10.0 Å². The summed E-state index contributed by atoms with van der Waals surface area (Å²) in [5, 5.41) is 0. The standard InChI is InChI=1S/C10H16N2O3S/c1-4-15-9-6-5-8(11)7-10(9)16(13,14)12(2)3/h5-7H,4,11H2,1-3H3. The number of nitrogens with zero attached hydrogens (tertiary/aromatic N) is 1. The van der Waals surface area contributed by atoms with E-state index >= 15 is 0 Å². The van der Waals surface area contributed by atoms with Crippen LogP contribution in [0.3, 0.4) is 0 Å². The first-order valence-electron chi connectivity index (χ1n) is 4.84. The van der Waals surface area contributed by atoms with Gasteiger partial charge >= 0.3 is 0 Å². The number of ether oxygens (including phenoxy) is 1. The van der Waals surface area contributed by atoms with Gasteiger partial charge in [0.05, 0.1) is 6.61 Å². The van der Waals surface area contributed by atoms with Gasteiger partial charge in [-0.15, -0.1) is 0 Å². The normalized spacial score (nSPS) is 11.8. The second kappa shape index (κ2) is 4.71. The van der Waals surface area contributed by atoms with Crippen LogP contribution in [0.5, 0.6) is 5.75 Å². The Morgan fingerprint density at radius 1 is 1.38 bits per heavy atom. The maximum Gasteiger partial charge on any atom is 0.246 e. The van der Waals surface area contributed by atoms with E-state index in [-0.39, 0.29) is 4.90 Å². The Labute approximate surface area is 95.9 Å². The molecule has 0 unspecified atom stereocenters. The van der Waals surface area contributed by atoms with E-state index in [4.69, 9.17) is 10.5 Å². The smallest absolute Gasteiger partial charge is 0.246 e. The molecule has 0 atom stereocenters. The molecule has 0 radical (unpaired) electrons. The zero-order chi connectivity index (χ0) is 12.3. The highest BCUT2D eigenvalue weighted by Crippen LogP contribution is 2.27. The second-order valence-electron chi connectivity index (χ2n) is 3.43. The SMILES string of the molecule is CCOc1ccc(N)cc1S(=O)(=O)N(C)C. The maximum absolute atomic E-state index is 12.0. The fraction of sp³-hybridized carbons (Fsp3) is 0.400. The Morgan fingerprint density at radius 3 is 2.50 bits per heavy atom. The molecule has 90 valence electrons. The first-order valence-corrected chi connectivity index (χ1v) is 6.28. The summed E-state index contributed by atoms with van der Waals surface area (Å²) in [6.07, 6.45) is 0. The van der Waals surface area contributed by atoms with E-state index in [1.165, 1.54) is 20.2 Å². The van der Waals surface area contributed by atoms with Crippen molar-refractivity contribution in [3.8, 4) is 5.75 Å². The lowest BCUT2D eigenvalue weighted by Crippen LogP contribution is -2.23. The van der Waals surface area contributed by atoms with E-state index in [0.717, 1.165) is 4.31 Å². The number of benzene rings is 1. The Hall–Kier alpha value is -1.27. The number of anilines is 1. The van der Waals surface area contributed by atoms with Crippen LogP contribution < -0.4 is 10.5 Å². The minimum Gasteiger partial charge on any atom is -0.492 e. The van der Waals surface area contributed by atoms with Gasteiger partial charge < -0.3 is 10.5 Å². The average molecular weight is 244 g/mol. The number of nitrogen functional groups attached to an aromatic ring is 1. The van der Waals surface area contributed by atoms with E-state index in [1.807, 2.05) is 0 Å². The van der Waals surface area contributed by atoms with E-state index in [0.29, 0.717) is 18.0 Å². The van der Waals surface area contributed by atoms with E-state index in [9.17, 15) is 8.42 Å². The summed E-state index contributed by atoms with van der Waals surface area (Å²) >= 11 is 0. The molecule has 1 aromatic rings. The summed E-state index contributed by atoms with van der Waals surface area (Å²) in [5.41, 5.74) is 5.97. The molecule has 0 fully saturated rings. The lowest BCUT2D eigenvalue weighted by Gasteiger charge is -2.15. The van der Waals surface area contributed by atoms with Crippen LogP contribution in [0.25, 0.3) is 0 Å². The van der Waals surface area contributed by atoms with Crippen molar-refractivity contribution < 1.29 is 13.2 Å². The topological polar surface area (TPSA) is 72.6 Å². The highest BCUT2D eigenvalue weighted by atomic mass is 32.2. The average Bonchev–Trinajstić information content (AvgIpc) is 2.20. The summed E-state index contributed by atoms with van der Waals surface area (Å²) in [7, 11) is -0.591. The molecular formula is C10H16N2O3S. The number of hydrogen-bond donors (Lipinski definition) is 1. The van der Waals surface area contributed by atoms with Crippen molar-refractivity contribution in [3.05, 3.63) is 18.2 Å². The minimum absolute atomic E-state index is 0.0966. The zero-order valence-electron chi connectivity index (χ0n) is 9.60. The van der Waals surface area contributed by atoms with Gasteiger partial charge in [0.1, 0.15) is 10.6 Å². The third-order valence-electron chi connectivity index (χ3n) is 2.03. The Bertz CT molecular complexity index is 469. The number of nitrogens with two attached hydrogens (primary N) is 1. The van der Waals surface area contributed by atoms with Crippen molar-refractivity contribution in [2.75, 3.05) is 26.4 Å².